The first-order valence-corrected chi connectivity index (χ1v) is 5.73. The highest BCUT2D eigenvalue weighted by molar-refractivity contribution is 6.36. The summed E-state index contributed by atoms with van der Waals surface area (Å²) in [6.45, 7) is -0.0458. The van der Waals surface area contributed by atoms with Crippen molar-refractivity contribution in [2.24, 2.45) is 0 Å². The van der Waals surface area contributed by atoms with E-state index in [0.717, 1.165) is 0 Å². The normalized spacial score (nSPS) is 9.39. The Morgan fingerprint density at radius 3 is 2.61 bits per heavy atom. The van der Waals surface area contributed by atoms with Crippen LogP contribution in [0.25, 0.3) is 0 Å². The highest BCUT2D eigenvalue weighted by Crippen LogP contribution is 2.20. The zero-order valence-corrected chi connectivity index (χ0v) is 10.8. The van der Waals surface area contributed by atoms with Crippen LogP contribution < -0.4 is 10.6 Å². The second-order valence-electron chi connectivity index (χ2n) is 3.29. The third-order valence-electron chi connectivity index (χ3n) is 1.97. The highest BCUT2D eigenvalue weighted by atomic mass is 35.5. The van der Waals surface area contributed by atoms with E-state index in [1.54, 1.807) is 6.07 Å². The minimum atomic E-state index is -0.451. The van der Waals surface area contributed by atoms with Crippen molar-refractivity contribution in [3.63, 3.8) is 0 Å². The largest absolute Gasteiger partial charge is 0.344 e. The summed E-state index contributed by atoms with van der Waals surface area (Å²) in [5.74, 6) is 1.43. The van der Waals surface area contributed by atoms with Gasteiger partial charge in [0.05, 0.1) is 23.7 Å². The predicted molar refractivity (Wildman–Crippen MR) is 70.6 cm³/mol. The van der Waals surface area contributed by atoms with E-state index < -0.39 is 5.91 Å². The number of carbonyl (C=O) groups is 2. The van der Waals surface area contributed by atoms with Crippen molar-refractivity contribution in [3.05, 3.63) is 33.8 Å². The molecule has 2 amide bonds. The Labute approximate surface area is 115 Å². The van der Waals surface area contributed by atoms with Gasteiger partial charge in [0.25, 0.3) is 5.91 Å². The van der Waals surface area contributed by atoms with E-state index >= 15 is 0 Å². The standard InChI is InChI=1S/C12H10Cl2N2O2/c1-2-5-15-11(17)7-16-12(18)9-4-3-8(13)6-10(9)14/h1,3-4,6H,5,7H2,(H,15,17)(H,16,18). The Morgan fingerprint density at radius 1 is 1.28 bits per heavy atom. The lowest BCUT2D eigenvalue weighted by atomic mass is 10.2. The fourth-order valence-corrected chi connectivity index (χ4v) is 1.64. The minimum absolute atomic E-state index is 0.121. The zero-order chi connectivity index (χ0) is 13.5. The summed E-state index contributed by atoms with van der Waals surface area (Å²) in [4.78, 5) is 22.9. The molecule has 0 aliphatic heterocycles. The third-order valence-corrected chi connectivity index (χ3v) is 2.52. The Hall–Kier alpha value is -1.70. The number of carbonyl (C=O) groups excluding carboxylic acids is 2. The van der Waals surface area contributed by atoms with Gasteiger partial charge in [0.15, 0.2) is 0 Å². The number of terminal acetylenes is 1. The van der Waals surface area contributed by atoms with Crippen molar-refractivity contribution in [1.29, 1.82) is 0 Å². The van der Waals surface area contributed by atoms with E-state index in [1.165, 1.54) is 12.1 Å². The number of hydrogen-bond donors (Lipinski definition) is 2. The van der Waals surface area contributed by atoms with Gasteiger partial charge in [-0.15, -0.1) is 6.42 Å². The summed E-state index contributed by atoms with van der Waals surface area (Å²) in [6.07, 6.45) is 4.98. The molecule has 0 aliphatic carbocycles. The van der Waals surface area contributed by atoms with Crippen molar-refractivity contribution >= 4 is 35.0 Å². The molecule has 0 bridgehead atoms. The monoisotopic (exact) mass is 284 g/mol. The molecule has 1 aromatic carbocycles. The van der Waals surface area contributed by atoms with Crippen molar-refractivity contribution in [1.82, 2.24) is 10.6 Å². The topological polar surface area (TPSA) is 58.2 Å². The average Bonchev–Trinajstić information content (AvgIpc) is 2.33. The van der Waals surface area contributed by atoms with Gasteiger partial charge in [0, 0.05) is 5.02 Å². The Bertz CT molecular complexity index is 509. The Balaban J connectivity index is 2.56. The van der Waals surface area contributed by atoms with Crippen LogP contribution >= 0.6 is 23.2 Å². The maximum atomic E-state index is 11.7. The van der Waals surface area contributed by atoms with Crippen LogP contribution in [0, 0.1) is 12.3 Å². The number of halogens is 2. The van der Waals surface area contributed by atoms with Gasteiger partial charge in [-0.05, 0) is 18.2 Å². The molecule has 1 aromatic rings. The minimum Gasteiger partial charge on any atom is -0.344 e. The molecule has 0 spiro atoms. The van der Waals surface area contributed by atoms with Crippen molar-refractivity contribution in [2.75, 3.05) is 13.1 Å². The lowest BCUT2D eigenvalue weighted by Crippen LogP contribution is -2.37. The first kappa shape index (κ1) is 14.4. The average molecular weight is 285 g/mol. The second kappa shape index (κ2) is 6.90. The third kappa shape index (κ3) is 4.28. The van der Waals surface area contributed by atoms with Gasteiger partial charge in [-0.25, -0.2) is 0 Å². The number of amides is 2. The van der Waals surface area contributed by atoms with Crippen LogP contribution in [-0.4, -0.2) is 24.9 Å². The molecule has 0 saturated carbocycles. The molecule has 0 atom stereocenters. The molecule has 0 aliphatic rings. The quantitative estimate of drug-likeness (QED) is 0.823. The molecular formula is C12H10Cl2N2O2. The summed E-state index contributed by atoms with van der Waals surface area (Å²) >= 11 is 11.6. The number of benzene rings is 1. The van der Waals surface area contributed by atoms with Crippen molar-refractivity contribution < 1.29 is 9.59 Å². The van der Waals surface area contributed by atoms with Crippen LogP contribution in [0.1, 0.15) is 10.4 Å². The van der Waals surface area contributed by atoms with E-state index in [0.29, 0.717) is 5.02 Å². The van der Waals surface area contributed by atoms with E-state index in [9.17, 15) is 9.59 Å². The van der Waals surface area contributed by atoms with Gasteiger partial charge >= 0.3 is 0 Å². The van der Waals surface area contributed by atoms with Gasteiger partial charge < -0.3 is 10.6 Å². The lowest BCUT2D eigenvalue weighted by molar-refractivity contribution is -0.119. The van der Waals surface area contributed by atoms with Gasteiger partial charge in [-0.3, -0.25) is 9.59 Å². The maximum Gasteiger partial charge on any atom is 0.253 e. The first-order valence-electron chi connectivity index (χ1n) is 4.98. The highest BCUT2D eigenvalue weighted by Gasteiger charge is 2.11. The van der Waals surface area contributed by atoms with Crippen LogP contribution in [-0.2, 0) is 4.79 Å². The molecule has 0 saturated heterocycles. The molecule has 2 N–H and O–H groups in total. The lowest BCUT2D eigenvalue weighted by Gasteiger charge is -2.06. The van der Waals surface area contributed by atoms with Crippen LogP contribution in [0.5, 0.6) is 0 Å². The zero-order valence-electron chi connectivity index (χ0n) is 9.30. The fraction of sp³-hybridized carbons (Fsp3) is 0.167. The van der Waals surface area contributed by atoms with E-state index in [2.05, 4.69) is 16.6 Å². The summed E-state index contributed by atoms with van der Waals surface area (Å²) in [7, 11) is 0. The molecule has 94 valence electrons. The smallest absolute Gasteiger partial charge is 0.253 e. The van der Waals surface area contributed by atoms with E-state index in [-0.39, 0.29) is 29.6 Å². The Morgan fingerprint density at radius 2 is 2.00 bits per heavy atom. The summed E-state index contributed by atoms with van der Waals surface area (Å²) in [6, 6.07) is 4.48. The molecular weight excluding hydrogens is 275 g/mol. The van der Waals surface area contributed by atoms with Gasteiger partial charge in [-0.1, -0.05) is 29.1 Å². The Kier molecular flexibility index (Phi) is 5.50. The van der Waals surface area contributed by atoms with Crippen LogP contribution in [0.4, 0.5) is 0 Å². The first-order chi connectivity index (χ1) is 8.54. The van der Waals surface area contributed by atoms with Gasteiger partial charge in [0.2, 0.25) is 5.91 Å². The van der Waals surface area contributed by atoms with Crippen LogP contribution in [0.15, 0.2) is 18.2 Å². The molecule has 1 rings (SSSR count). The molecule has 6 heteroatoms. The molecule has 18 heavy (non-hydrogen) atoms. The molecule has 0 fully saturated rings. The second-order valence-corrected chi connectivity index (χ2v) is 4.13. The summed E-state index contributed by atoms with van der Waals surface area (Å²) < 4.78 is 0. The van der Waals surface area contributed by atoms with Gasteiger partial charge in [-0.2, -0.15) is 0 Å². The molecule has 4 nitrogen and oxygen atoms in total. The fourth-order valence-electron chi connectivity index (χ4n) is 1.14. The SMILES string of the molecule is C#CCNC(=O)CNC(=O)c1ccc(Cl)cc1Cl. The number of nitrogens with one attached hydrogen (secondary N) is 2. The van der Waals surface area contributed by atoms with Crippen molar-refractivity contribution in [2.45, 2.75) is 0 Å². The molecule has 0 radical (unpaired) electrons. The number of hydrogen-bond acceptors (Lipinski definition) is 2. The van der Waals surface area contributed by atoms with Crippen LogP contribution in [0.3, 0.4) is 0 Å². The molecule has 0 unspecified atom stereocenters. The van der Waals surface area contributed by atoms with Crippen molar-refractivity contribution in [3.8, 4) is 12.3 Å². The maximum absolute atomic E-state index is 11.7. The van der Waals surface area contributed by atoms with E-state index in [4.69, 9.17) is 29.6 Å². The molecule has 0 aromatic heterocycles. The van der Waals surface area contributed by atoms with Gasteiger partial charge in [0.1, 0.15) is 0 Å². The summed E-state index contributed by atoms with van der Waals surface area (Å²) in [5.41, 5.74) is 0.255. The number of rotatable bonds is 4. The summed E-state index contributed by atoms with van der Waals surface area (Å²) in [5, 5.41) is 5.50. The predicted octanol–water partition coefficient (Wildman–Crippen LogP) is 1.47. The van der Waals surface area contributed by atoms with E-state index in [1.807, 2.05) is 0 Å². The molecule has 0 heterocycles. The van der Waals surface area contributed by atoms with Crippen LogP contribution in [0.2, 0.25) is 10.0 Å².